The highest BCUT2D eigenvalue weighted by Crippen LogP contribution is 2.28. The summed E-state index contributed by atoms with van der Waals surface area (Å²) in [4.78, 5) is 15.6. The Hall–Kier alpha value is -3.69. The molecule has 2 N–H and O–H groups in total. The van der Waals surface area contributed by atoms with E-state index in [2.05, 4.69) is 10.3 Å². The number of aromatic nitrogens is 1. The number of nitrogens with zero attached hydrogens (tertiary/aromatic N) is 1. The van der Waals surface area contributed by atoms with Crippen molar-refractivity contribution in [1.82, 2.24) is 10.3 Å². The van der Waals surface area contributed by atoms with Gasteiger partial charge in [-0.2, -0.15) is 0 Å². The lowest BCUT2D eigenvalue weighted by molar-refractivity contribution is -0.143. The number of hydrogen-bond acceptors (Lipinski definition) is 5. The van der Waals surface area contributed by atoms with Crippen LogP contribution in [0.1, 0.15) is 30.4 Å². The maximum Gasteiger partial charge on any atom is 0.306 e. The van der Waals surface area contributed by atoms with Gasteiger partial charge >= 0.3 is 5.97 Å². The van der Waals surface area contributed by atoms with Crippen LogP contribution >= 0.6 is 0 Å². The highest BCUT2D eigenvalue weighted by Gasteiger charge is 2.31. The minimum atomic E-state index is -1.00. The average Bonchev–Trinajstić information content (AvgIpc) is 2.88. The van der Waals surface area contributed by atoms with Crippen LogP contribution < -0.4 is 10.1 Å². The predicted octanol–water partition coefficient (Wildman–Crippen LogP) is 5.37. The van der Waals surface area contributed by atoms with Crippen molar-refractivity contribution >= 4 is 29.0 Å². The Morgan fingerprint density at radius 1 is 1.16 bits per heavy atom. The van der Waals surface area contributed by atoms with E-state index in [1.807, 2.05) is 0 Å². The lowest BCUT2D eigenvalue weighted by Crippen LogP contribution is -2.47. The highest BCUT2D eigenvalue weighted by atomic mass is 19.1. The lowest BCUT2D eigenvalue weighted by atomic mass is 9.95. The molecule has 0 saturated carbocycles. The molecule has 37 heavy (non-hydrogen) atoms. The first kappa shape index (κ1) is 26.4. The van der Waals surface area contributed by atoms with Crippen LogP contribution in [0, 0.1) is 17.5 Å². The lowest BCUT2D eigenvalue weighted by Gasteiger charge is -2.35. The van der Waals surface area contributed by atoms with Crippen molar-refractivity contribution in [1.29, 1.82) is 0 Å². The molecule has 2 aromatic carbocycles. The molecule has 2 heterocycles. The third-order valence-electron chi connectivity index (χ3n) is 6.24. The minimum absolute atomic E-state index is 0.127. The fraction of sp³-hybridized carbons (Fsp3) is 0.286. The summed E-state index contributed by atoms with van der Waals surface area (Å²) >= 11 is 0. The van der Waals surface area contributed by atoms with E-state index >= 15 is 0 Å². The maximum absolute atomic E-state index is 14.6. The van der Waals surface area contributed by atoms with Gasteiger partial charge in [0, 0.05) is 29.1 Å². The molecule has 0 aliphatic carbocycles. The van der Waals surface area contributed by atoms with Crippen LogP contribution in [0.25, 0.3) is 23.1 Å². The standard InChI is InChI=1S/C28H27F3N2O4/c1-36-20-7-10-25-22(14-20)21(24(31)16-33-25)8-5-19-6-11-26(27(37-19)15-28(34)35)32-12-2-3-17-13-18(29)4-9-23(17)30/h2-5,7-10,13-14,16,19,26-27,32H,6,11-12,15H2,1H3,(H,34,35)/b3-2+,8-5+/t19-,26-,27-/m1/s1. The van der Waals surface area contributed by atoms with Crippen molar-refractivity contribution in [2.24, 2.45) is 0 Å². The summed E-state index contributed by atoms with van der Waals surface area (Å²) in [6.45, 7) is 0.316. The molecule has 0 radical (unpaired) electrons. The summed E-state index contributed by atoms with van der Waals surface area (Å²) in [6.07, 6.45) is 7.58. The molecule has 194 valence electrons. The minimum Gasteiger partial charge on any atom is -0.497 e. The number of nitrogens with one attached hydrogen (secondary N) is 1. The van der Waals surface area contributed by atoms with Crippen LogP contribution in [0.5, 0.6) is 5.75 Å². The fourth-order valence-electron chi connectivity index (χ4n) is 4.37. The number of carboxylic acids is 1. The van der Waals surface area contributed by atoms with E-state index in [9.17, 15) is 23.1 Å². The number of benzene rings is 2. The highest BCUT2D eigenvalue weighted by molar-refractivity contribution is 5.89. The van der Waals surface area contributed by atoms with Crippen LogP contribution in [-0.2, 0) is 9.53 Å². The summed E-state index contributed by atoms with van der Waals surface area (Å²) in [5.41, 5.74) is 1.09. The van der Waals surface area contributed by atoms with E-state index < -0.39 is 35.6 Å². The molecule has 1 saturated heterocycles. The van der Waals surface area contributed by atoms with Gasteiger partial charge in [-0.15, -0.1) is 0 Å². The molecule has 1 aliphatic heterocycles. The molecule has 1 fully saturated rings. The van der Waals surface area contributed by atoms with Gasteiger partial charge in [0.15, 0.2) is 0 Å². The number of fused-ring (bicyclic) bond motifs is 1. The van der Waals surface area contributed by atoms with E-state index in [0.717, 1.165) is 24.4 Å². The molecule has 3 atom stereocenters. The summed E-state index contributed by atoms with van der Waals surface area (Å²) in [6, 6.07) is 8.16. The first-order chi connectivity index (χ1) is 17.8. The van der Waals surface area contributed by atoms with Crippen LogP contribution in [0.2, 0.25) is 0 Å². The molecule has 1 aliphatic rings. The smallest absolute Gasteiger partial charge is 0.306 e. The number of aliphatic carboxylic acids is 1. The number of halogens is 3. The molecule has 6 nitrogen and oxygen atoms in total. The summed E-state index contributed by atoms with van der Waals surface area (Å²) in [5, 5.41) is 13.2. The third kappa shape index (κ3) is 6.75. The molecule has 0 unspecified atom stereocenters. The fourth-order valence-corrected chi connectivity index (χ4v) is 4.37. The van der Waals surface area contributed by atoms with Crippen molar-refractivity contribution in [2.45, 2.75) is 37.5 Å². The van der Waals surface area contributed by atoms with E-state index in [-0.39, 0.29) is 18.0 Å². The number of pyridine rings is 1. The summed E-state index contributed by atoms with van der Waals surface area (Å²) in [5.74, 6) is -1.98. The van der Waals surface area contributed by atoms with Crippen molar-refractivity contribution in [3.8, 4) is 5.75 Å². The Morgan fingerprint density at radius 2 is 2.00 bits per heavy atom. The average molecular weight is 513 g/mol. The Bertz CT molecular complexity index is 1330. The van der Waals surface area contributed by atoms with Crippen LogP contribution in [0.3, 0.4) is 0 Å². The first-order valence-corrected chi connectivity index (χ1v) is 11.9. The van der Waals surface area contributed by atoms with Gasteiger partial charge in [0.05, 0.1) is 37.5 Å². The maximum atomic E-state index is 14.6. The number of carboxylic acid groups (broad SMARTS) is 1. The van der Waals surface area contributed by atoms with Gasteiger partial charge in [0.25, 0.3) is 0 Å². The van der Waals surface area contributed by atoms with Gasteiger partial charge in [0.2, 0.25) is 0 Å². The Kier molecular flexibility index (Phi) is 8.58. The molecule has 0 spiro atoms. The SMILES string of the molecule is COc1ccc2ncc(F)c(/C=C/[C@@H]3CC[C@@H](NC/C=C/c4cc(F)ccc4F)[C@@H](CC(=O)O)O3)c2c1. The number of hydrogen-bond donors (Lipinski definition) is 2. The van der Waals surface area contributed by atoms with Gasteiger partial charge in [-0.3, -0.25) is 9.78 Å². The van der Waals surface area contributed by atoms with E-state index in [4.69, 9.17) is 9.47 Å². The van der Waals surface area contributed by atoms with E-state index in [0.29, 0.717) is 41.6 Å². The molecule has 0 amide bonds. The molecule has 3 aromatic rings. The third-order valence-corrected chi connectivity index (χ3v) is 6.24. The quantitative estimate of drug-likeness (QED) is 0.402. The van der Waals surface area contributed by atoms with Crippen LogP contribution in [0.4, 0.5) is 13.2 Å². The van der Waals surface area contributed by atoms with E-state index in [1.165, 1.54) is 13.2 Å². The zero-order valence-electron chi connectivity index (χ0n) is 20.2. The second-order valence-electron chi connectivity index (χ2n) is 8.73. The topological polar surface area (TPSA) is 80.7 Å². The number of ether oxygens (including phenoxy) is 2. The Balaban J connectivity index is 1.43. The van der Waals surface area contributed by atoms with Gasteiger partial charge < -0.3 is 19.9 Å². The summed E-state index contributed by atoms with van der Waals surface area (Å²) in [7, 11) is 1.53. The Morgan fingerprint density at radius 3 is 2.78 bits per heavy atom. The molecule has 4 rings (SSSR count). The predicted molar refractivity (Wildman–Crippen MR) is 135 cm³/mol. The van der Waals surface area contributed by atoms with Crippen LogP contribution in [0.15, 0.2) is 54.7 Å². The normalized spacial score (nSPS) is 20.2. The number of rotatable bonds is 9. The second kappa shape index (κ2) is 12.0. The van der Waals surface area contributed by atoms with Crippen molar-refractivity contribution in [3.05, 3.63) is 83.3 Å². The zero-order chi connectivity index (χ0) is 26.4. The summed E-state index contributed by atoms with van der Waals surface area (Å²) < 4.78 is 53.0. The molecular formula is C28H27F3N2O4. The molecule has 1 aromatic heterocycles. The number of carbonyl (C=O) groups is 1. The van der Waals surface area contributed by atoms with Gasteiger partial charge in [0.1, 0.15) is 23.2 Å². The van der Waals surface area contributed by atoms with Gasteiger partial charge in [-0.25, -0.2) is 13.2 Å². The second-order valence-corrected chi connectivity index (χ2v) is 8.73. The number of methoxy groups -OCH3 is 1. The Labute approximate surface area is 212 Å². The van der Waals surface area contributed by atoms with Gasteiger partial charge in [-0.05, 0) is 49.2 Å². The van der Waals surface area contributed by atoms with E-state index in [1.54, 1.807) is 36.4 Å². The molecule has 9 heteroatoms. The van der Waals surface area contributed by atoms with Crippen molar-refractivity contribution in [3.63, 3.8) is 0 Å². The zero-order valence-corrected chi connectivity index (χ0v) is 20.2. The van der Waals surface area contributed by atoms with Crippen molar-refractivity contribution in [2.75, 3.05) is 13.7 Å². The monoisotopic (exact) mass is 512 g/mol. The molecule has 0 bridgehead atoms. The van der Waals surface area contributed by atoms with Gasteiger partial charge in [-0.1, -0.05) is 24.3 Å². The largest absolute Gasteiger partial charge is 0.497 e. The van der Waals surface area contributed by atoms with Crippen LogP contribution in [-0.4, -0.2) is 48.0 Å². The molecular weight excluding hydrogens is 485 g/mol. The first-order valence-electron chi connectivity index (χ1n) is 11.9. The van der Waals surface area contributed by atoms with Crippen molar-refractivity contribution < 1.29 is 32.5 Å².